The van der Waals surface area contributed by atoms with Crippen LogP contribution < -0.4 is 10.0 Å². The van der Waals surface area contributed by atoms with Crippen LogP contribution in [0, 0.1) is 20.8 Å². The van der Waals surface area contributed by atoms with Crippen LogP contribution in [0.5, 0.6) is 0 Å². The first kappa shape index (κ1) is 29.2. The zero-order chi connectivity index (χ0) is 29.9. The third-order valence-electron chi connectivity index (χ3n) is 6.83. The maximum atomic E-state index is 12.7. The number of urea groups is 1. The van der Waals surface area contributed by atoms with Crippen LogP contribution in [0.3, 0.4) is 0 Å². The van der Waals surface area contributed by atoms with E-state index in [9.17, 15) is 18.0 Å². The van der Waals surface area contributed by atoms with Gasteiger partial charge in [0.15, 0.2) is 11.4 Å². The number of pyridine rings is 1. The van der Waals surface area contributed by atoms with Crippen LogP contribution in [0.15, 0.2) is 77.0 Å². The van der Waals surface area contributed by atoms with Crippen LogP contribution >= 0.6 is 11.3 Å². The number of hydrogen-bond acceptors (Lipinski definition) is 7. The van der Waals surface area contributed by atoms with Crippen molar-refractivity contribution in [2.24, 2.45) is 0 Å². The number of carbonyl (C=O) groups excluding carboxylic acids is 2. The van der Waals surface area contributed by atoms with E-state index in [0.29, 0.717) is 19.3 Å². The lowest BCUT2D eigenvalue weighted by molar-refractivity contribution is 0.0986. The van der Waals surface area contributed by atoms with Gasteiger partial charge in [0, 0.05) is 30.8 Å². The molecule has 9 nitrogen and oxygen atoms in total. The van der Waals surface area contributed by atoms with Gasteiger partial charge < -0.3 is 5.32 Å². The first-order valence-electron chi connectivity index (χ1n) is 13.5. The summed E-state index contributed by atoms with van der Waals surface area (Å²) in [5, 5.41) is 4.51. The molecule has 42 heavy (non-hydrogen) atoms. The number of ketones is 1. The first-order valence-corrected chi connectivity index (χ1v) is 15.9. The van der Waals surface area contributed by atoms with E-state index in [-0.39, 0.29) is 17.2 Å². The van der Waals surface area contributed by atoms with Crippen molar-refractivity contribution in [3.8, 4) is 5.69 Å². The molecule has 0 aliphatic rings. The molecule has 3 heterocycles. The molecule has 2 amide bonds. The molecule has 0 saturated heterocycles. The second-order valence-corrected chi connectivity index (χ2v) is 12.7. The van der Waals surface area contributed by atoms with Crippen molar-refractivity contribution in [2.45, 2.75) is 44.9 Å². The molecule has 0 atom stereocenters. The van der Waals surface area contributed by atoms with E-state index >= 15 is 0 Å². The Balaban J connectivity index is 1.27. The van der Waals surface area contributed by atoms with Gasteiger partial charge in [0.05, 0.1) is 9.77 Å². The number of hydrogen-bond donors (Lipinski definition) is 2. The van der Waals surface area contributed by atoms with Gasteiger partial charge in [-0.05, 0) is 80.1 Å². The molecule has 5 rings (SSSR count). The molecule has 0 unspecified atom stereocenters. The minimum absolute atomic E-state index is 0.0287. The van der Waals surface area contributed by atoms with Crippen molar-refractivity contribution in [3.63, 3.8) is 0 Å². The first-order chi connectivity index (χ1) is 20.1. The highest BCUT2D eigenvalue weighted by molar-refractivity contribution is 7.90. The summed E-state index contributed by atoms with van der Waals surface area (Å²) in [7, 11) is -3.95. The topological polar surface area (TPSA) is 123 Å². The van der Waals surface area contributed by atoms with Gasteiger partial charge in [0.2, 0.25) is 0 Å². The Morgan fingerprint density at radius 3 is 2.36 bits per heavy atom. The number of fused-ring (bicyclic) bond motifs is 1. The standard InChI is InChI=1S/C31H31N5O4S2/c1-20-6-12-25(13-7-20)42(39,40)35-31(38)32-17-16-23-8-10-24(11-9-23)36-28(15-14-26(37)27-5-4-18-41-27)34-29-21(2)19-22(3)33-30(29)36/h4-13,18-19H,14-17H2,1-3H3,(H2,32,35,38). The van der Waals surface area contributed by atoms with Crippen molar-refractivity contribution < 1.29 is 18.0 Å². The van der Waals surface area contributed by atoms with E-state index in [0.717, 1.165) is 49.9 Å². The number of amides is 2. The fourth-order valence-electron chi connectivity index (χ4n) is 4.70. The van der Waals surface area contributed by atoms with E-state index in [1.165, 1.54) is 23.5 Å². The fraction of sp³-hybridized carbons (Fsp3) is 0.226. The second kappa shape index (κ2) is 12.3. The minimum Gasteiger partial charge on any atom is -0.337 e. The van der Waals surface area contributed by atoms with E-state index in [1.54, 1.807) is 12.1 Å². The van der Waals surface area contributed by atoms with Crippen LogP contribution in [-0.2, 0) is 22.9 Å². The molecule has 0 radical (unpaired) electrons. The highest BCUT2D eigenvalue weighted by Gasteiger charge is 2.19. The average molecular weight is 602 g/mol. The molecular weight excluding hydrogens is 571 g/mol. The maximum absolute atomic E-state index is 12.7. The predicted octanol–water partition coefficient (Wildman–Crippen LogP) is 5.45. The highest BCUT2D eigenvalue weighted by Crippen LogP contribution is 2.25. The van der Waals surface area contributed by atoms with Crippen molar-refractivity contribution in [1.82, 2.24) is 24.6 Å². The molecule has 0 spiro atoms. The van der Waals surface area contributed by atoms with Gasteiger partial charge >= 0.3 is 6.03 Å². The number of aryl methyl sites for hydroxylation is 4. The summed E-state index contributed by atoms with van der Waals surface area (Å²) in [4.78, 5) is 35.4. The molecule has 2 aromatic carbocycles. The lowest BCUT2D eigenvalue weighted by Crippen LogP contribution is -2.40. The smallest absolute Gasteiger partial charge is 0.328 e. The number of carbonyl (C=O) groups is 2. The summed E-state index contributed by atoms with van der Waals surface area (Å²) in [6.45, 7) is 6.06. The van der Waals surface area contributed by atoms with Crippen LogP contribution in [0.1, 0.15) is 44.3 Å². The number of imidazole rings is 1. The highest BCUT2D eigenvalue weighted by atomic mass is 32.2. The average Bonchev–Trinajstić information content (AvgIpc) is 3.61. The molecule has 5 aromatic rings. The summed E-state index contributed by atoms with van der Waals surface area (Å²) < 4.78 is 28.9. The van der Waals surface area contributed by atoms with Crippen LogP contribution in [0.2, 0.25) is 0 Å². The number of benzene rings is 2. The summed E-state index contributed by atoms with van der Waals surface area (Å²) in [6.07, 6.45) is 1.31. The third kappa shape index (κ3) is 6.58. The SMILES string of the molecule is Cc1ccc(S(=O)(=O)NC(=O)NCCc2ccc(-n3c(CCC(=O)c4cccs4)nc4c(C)cc(C)nc43)cc2)cc1. The molecule has 0 aliphatic heterocycles. The molecule has 11 heteroatoms. The largest absolute Gasteiger partial charge is 0.337 e. The van der Waals surface area contributed by atoms with Crippen LogP contribution in [0.4, 0.5) is 4.79 Å². The zero-order valence-corrected chi connectivity index (χ0v) is 25.2. The lowest BCUT2D eigenvalue weighted by Gasteiger charge is -2.11. The Bertz CT molecular complexity index is 1840. The Hall–Kier alpha value is -4.35. The molecule has 0 aliphatic carbocycles. The van der Waals surface area contributed by atoms with Gasteiger partial charge in [-0.15, -0.1) is 11.3 Å². The van der Waals surface area contributed by atoms with Crippen molar-refractivity contribution in [3.05, 3.63) is 105 Å². The van der Waals surface area contributed by atoms with Gasteiger partial charge in [-0.2, -0.15) is 0 Å². The van der Waals surface area contributed by atoms with Gasteiger partial charge in [-0.25, -0.2) is 27.9 Å². The summed E-state index contributed by atoms with van der Waals surface area (Å²) in [5.41, 5.74) is 6.20. The molecule has 0 saturated carbocycles. The van der Waals surface area contributed by atoms with Crippen molar-refractivity contribution in [1.29, 1.82) is 0 Å². The predicted molar refractivity (Wildman–Crippen MR) is 164 cm³/mol. The number of nitrogens with zero attached hydrogens (tertiary/aromatic N) is 3. The Kier molecular flexibility index (Phi) is 8.51. The van der Waals surface area contributed by atoms with Gasteiger partial charge in [0.25, 0.3) is 10.0 Å². The number of rotatable bonds is 10. The molecule has 0 fully saturated rings. The molecule has 216 valence electrons. The summed E-state index contributed by atoms with van der Waals surface area (Å²) in [6, 6.07) is 19.0. The fourth-order valence-corrected chi connectivity index (χ4v) is 6.32. The van der Waals surface area contributed by atoms with Gasteiger partial charge in [0.1, 0.15) is 11.3 Å². The molecule has 0 bridgehead atoms. The Labute approximate surface area is 248 Å². The van der Waals surface area contributed by atoms with Gasteiger partial charge in [-0.3, -0.25) is 9.36 Å². The second-order valence-electron chi connectivity index (χ2n) is 10.1. The molecule has 2 N–H and O–H groups in total. The van der Waals surface area contributed by atoms with Crippen molar-refractivity contribution in [2.75, 3.05) is 6.54 Å². The third-order valence-corrected chi connectivity index (χ3v) is 9.09. The number of sulfonamides is 1. The number of aromatic nitrogens is 3. The normalized spacial score (nSPS) is 11.5. The van der Waals surface area contributed by atoms with Crippen LogP contribution in [-0.4, -0.2) is 41.3 Å². The van der Waals surface area contributed by atoms with E-state index in [4.69, 9.17) is 9.97 Å². The zero-order valence-electron chi connectivity index (χ0n) is 23.5. The lowest BCUT2D eigenvalue weighted by atomic mass is 10.1. The maximum Gasteiger partial charge on any atom is 0.328 e. The van der Waals surface area contributed by atoms with E-state index < -0.39 is 16.1 Å². The molecular formula is C31H31N5O4S2. The number of nitrogens with one attached hydrogen (secondary N) is 2. The van der Waals surface area contributed by atoms with Gasteiger partial charge in [-0.1, -0.05) is 35.9 Å². The van der Waals surface area contributed by atoms with Crippen LogP contribution in [0.25, 0.3) is 16.9 Å². The number of thiophene rings is 1. The Morgan fingerprint density at radius 1 is 0.929 bits per heavy atom. The molecule has 3 aromatic heterocycles. The quantitative estimate of drug-likeness (QED) is 0.205. The monoisotopic (exact) mass is 601 g/mol. The summed E-state index contributed by atoms with van der Waals surface area (Å²) in [5.74, 6) is 0.847. The minimum atomic E-state index is -3.95. The summed E-state index contributed by atoms with van der Waals surface area (Å²) >= 11 is 1.44. The Morgan fingerprint density at radius 2 is 1.67 bits per heavy atom. The van der Waals surface area contributed by atoms with Crippen molar-refractivity contribution >= 4 is 44.3 Å². The number of Topliss-reactive ketones (excluding diaryl/α,β-unsaturated/α-hetero) is 1. The van der Waals surface area contributed by atoms with E-state index in [2.05, 4.69) is 5.32 Å². The van der Waals surface area contributed by atoms with E-state index in [1.807, 2.05) is 77.9 Å².